The molecule has 0 aliphatic carbocycles. The number of esters is 1. The SMILES string of the molecule is COC(=O)[C@@](C)(N)c1cccc(Br)c1. The van der Waals surface area contributed by atoms with E-state index in [-0.39, 0.29) is 0 Å². The average Bonchev–Trinajstić information content (AvgIpc) is 2.16. The van der Waals surface area contributed by atoms with Crippen LogP contribution in [-0.2, 0) is 15.1 Å². The fourth-order valence-electron chi connectivity index (χ4n) is 1.14. The van der Waals surface area contributed by atoms with Gasteiger partial charge in [0, 0.05) is 4.47 Å². The van der Waals surface area contributed by atoms with Gasteiger partial charge in [-0.05, 0) is 24.6 Å². The number of ether oxygens (including phenoxy) is 1. The maximum absolute atomic E-state index is 11.4. The van der Waals surface area contributed by atoms with Crippen LogP contribution in [0.4, 0.5) is 0 Å². The maximum Gasteiger partial charge on any atom is 0.330 e. The van der Waals surface area contributed by atoms with Gasteiger partial charge >= 0.3 is 5.97 Å². The van der Waals surface area contributed by atoms with Crippen molar-refractivity contribution in [1.82, 2.24) is 0 Å². The molecule has 0 saturated carbocycles. The first-order chi connectivity index (χ1) is 6.48. The molecule has 0 heterocycles. The van der Waals surface area contributed by atoms with E-state index >= 15 is 0 Å². The number of methoxy groups -OCH3 is 1. The summed E-state index contributed by atoms with van der Waals surface area (Å²) in [6.07, 6.45) is 0. The first-order valence-corrected chi connectivity index (χ1v) is 4.91. The highest BCUT2D eigenvalue weighted by molar-refractivity contribution is 9.10. The van der Waals surface area contributed by atoms with Crippen LogP contribution in [0.15, 0.2) is 28.7 Å². The first-order valence-electron chi connectivity index (χ1n) is 4.12. The number of hydrogen-bond donors (Lipinski definition) is 1. The predicted octanol–water partition coefficient (Wildman–Crippen LogP) is 1.80. The molecule has 1 rings (SSSR count). The zero-order valence-electron chi connectivity index (χ0n) is 8.08. The number of carbonyl (C=O) groups is 1. The second kappa shape index (κ2) is 4.11. The van der Waals surface area contributed by atoms with Crippen molar-refractivity contribution in [2.45, 2.75) is 12.5 Å². The lowest BCUT2D eigenvalue weighted by Gasteiger charge is -2.21. The summed E-state index contributed by atoms with van der Waals surface area (Å²) in [5.41, 5.74) is 5.49. The smallest absolute Gasteiger partial charge is 0.330 e. The van der Waals surface area contributed by atoms with E-state index in [0.29, 0.717) is 0 Å². The van der Waals surface area contributed by atoms with Gasteiger partial charge in [0.15, 0.2) is 0 Å². The predicted molar refractivity (Wildman–Crippen MR) is 57.7 cm³/mol. The van der Waals surface area contributed by atoms with Crippen molar-refractivity contribution in [3.05, 3.63) is 34.3 Å². The van der Waals surface area contributed by atoms with Crippen molar-refractivity contribution in [2.75, 3.05) is 7.11 Å². The highest BCUT2D eigenvalue weighted by atomic mass is 79.9. The normalized spacial score (nSPS) is 14.6. The van der Waals surface area contributed by atoms with Crippen LogP contribution in [-0.4, -0.2) is 13.1 Å². The second-order valence-corrected chi connectivity index (χ2v) is 4.12. The van der Waals surface area contributed by atoms with Gasteiger partial charge < -0.3 is 10.5 Å². The van der Waals surface area contributed by atoms with Crippen LogP contribution in [0, 0.1) is 0 Å². The molecule has 1 aromatic rings. The Morgan fingerprint density at radius 1 is 1.57 bits per heavy atom. The van der Waals surface area contributed by atoms with E-state index < -0.39 is 11.5 Å². The zero-order valence-corrected chi connectivity index (χ0v) is 9.67. The Labute approximate surface area is 91.4 Å². The summed E-state index contributed by atoms with van der Waals surface area (Å²) in [6.45, 7) is 1.63. The lowest BCUT2D eigenvalue weighted by molar-refractivity contribution is -0.146. The van der Waals surface area contributed by atoms with Crippen LogP contribution >= 0.6 is 15.9 Å². The van der Waals surface area contributed by atoms with Gasteiger partial charge in [0.2, 0.25) is 0 Å². The minimum absolute atomic E-state index is 0.449. The summed E-state index contributed by atoms with van der Waals surface area (Å²) in [5.74, 6) is -0.449. The fraction of sp³-hybridized carbons (Fsp3) is 0.300. The van der Waals surface area contributed by atoms with Crippen molar-refractivity contribution in [3.8, 4) is 0 Å². The van der Waals surface area contributed by atoms with Crippen molar-refractivity contribution < 1.29 is 9.53 Å². The summed E-state index contributed by atoms with van der Waals surface area (Å²) in [5, 5.41) is 0. The third kappa shape index (κ3) is 2.13. The molecule has 76 valence electrons. The third-order valence-corrected chi connectivity index (χ3v) is 2.53. The molecule has 14 heavy (non-hydrogen) atoms. The van der Waals surface area contributed by atoms with Crippen LogP contribution in [0.2, 0.25) is 0 Å². The van der Waals surface area contributed by atoms with Crippen molar-refractivity contribution in [2.24, 2.45) is 5.73 Å². The molecule has 0 fully saturated rings. The van der Waals surface area contributed by atoms with Gasteiger partial charge in [-0.1, -0.05) is 28.1 Å². The van der Waals surface area contributed by atoms with Gasteiger partial charge in [0.05, 0.1) is 7.11 Å². The number of halogens is 1. The summed E-state index contributed by atoms with van der Waals surface area (Å²) >= 11 is 3.32. The molecule has 0 unspecified atom stereocenters. The van der Waals surface area contributed by atoms with E-state index in [2.05, 4.69) is 20.7 Å². The zero-order chi connectivity index (χ0) is 10.8. The van der Waals surface area contributed by atoms with E-state index in [1.165, 1.54) is 7.11 Å². The molecule has 0 amide bonds. The van der Waals surface area contributed by atoms with E-state index in [4.69, 9.17) is 5.73 Å². The molecule has 1 atom stereocenters. The van der Waals surface area contributed by atoms with Gasteiger partial charge in [-0.15, -0.1) is 0 Å². The molecule has 0 aliphatic heterocycles. The van der Waals surface area contributed by atoms with Crippen molar-refractivity contribution in [1.29, 1.82) is 0 Å². The average molecular weight is 258 g/mol. The number of carbonyl (C=O) groups excluding carboxylic acids is 1. The molecule has 0 radical (unpaired) electrons. The van der Waals surface area contributed by atoms with E-state index in [0.717, 1.165) is 10.0 Å². The Morgan fingerprint density at radius 2 is 2.21 bits per heavy atom. The second-order valence-electron chi connectivity index (χ2n) is 3.20. The Hall–Kier alpha value is -0.870. The summed E-state index contributed by atoms with van der Waals surface area (Å²) < 4.78 is 5.51. The fourth-order valence-corrected chi connectivity index (χ4v) is 1.54. The van der Waals surface area contributed by atoms with Crippen LogP contribution in [0.25, 0.3) is 0 Å². The van der Waals surface area contributed by atoms with Crippen LogP contribution in [0.5, 0.6) is 0 Å². The molecule has 3 nitrogen and oxygen atoms in total. The topological polar surface area (TPSA) is 52.3 Å². The highest BCUT2D eigenvalue weighted by Crippen LogP contribution is 2.22. The minimum Gasteiger partial charge on any atom is -0.467 e. The lowest BCUT2D eigenvalue weighted by atomic mass is 9.93. The number of benzene rings is 1. The minimum atomic E-state index is -1.10. The van der Waals surface area contributed by atoms with E-state index in [1.54, 1.807) is 19.1 Å². The standard InChI is InChI=1S/C10H12BrNO2/c1-10(12,9(13)14-2)7-4-3-5-8(11)6-7/h3-6H,12H2,1-2H3/t10-/m0/s1. The molecule has 0 bridgehead atoms. The Bertz CT molecular complexity index is 350. The van der Waals surface area contributed by atoms with Crippen molar-refractivity contribution >= 4 is 21.9 Å². The Morgan fingerprint density at radius 3 is 2.71 bits per heavy atom. The highest BCUT2D eigenvalue weighted by Gasteiger charge is 2.31. The van der Waals surface area contributed by atoms with Crippen LogP contribution in [0.3, 0.4) is 0 Å². The molecule has 0 spiro atoms. The van der Waals surface area contributed by atoms with Gasteiger partial charge in [0.25, 0.3) is 0 Å². The quantitative estimate of drug-likeness (QED) is 0.823. The molecule has 0 aromatic heterocycles. The van der Waals surface area contributed by atoms with Crippen molar-refractivity contribution in [3.63, 3.8) is 0 Å². The third-order valence-electron chi connectivity index (χ3n) is 2.03. The molecular weight excluding hydrogens is 246 g/mol. The summed E-state index contributed by atoms with van der Waals surface area (Å²) in [7, 11) is 1.32. The monoisotopic (exact) mass is 257 g/mol. The van der Waals surface area contributed by atoms with E-state index in [9.17, 15) is 4.79 Å². The van der Waals surface area contributed by atoms with Gasteiger partial charge in [-0.25, -0.2) is 4.79 Å². The molecular formula is C10H12BrNO2. The van der Waals surface area contributed by atoms with Gasteiger partial charge in [-0.3, -0.25) is 0 Å². The summed E-state index contributed by atoms with van der Waals surface area (Å²) in [6, 6.07) is 7.29. The van der Waals surface area contributed by atoms with Crippen LogP contribution in [0.1, 0.15) is 12.5 Å². The largest absolute Gasteiger partial charge is 0.467 e. The first kappa shape index (κ1) is 11.2. The Kier molecular flexibility index (Phi) is 3.29. The van der Waals surface area contributed by atoms with Gasteiger partial charge in [0.1, 0.15) is 5.54 Å². The van der Waals surface area contributed by atoms with Gasteiger partial charge in [-0.2, -0.15) is 0 Å². The molecule has 0 saturated heterocycles. The molecule has 4 heteroatoms. The molecule has 1 aromatic carbocycles. The van der Waals surface area contributed by atoms with E-state index in [1.807, 2.05) is 12.1 Å². The summed E-state index contributed by atoms with van der Waals surface area (Å²) in [4.78, 5) is 11.4. The van der Waals surface area contributed by atoms with Crippen LogP contribution < -0.4 is 5.73 Å². The number of hydrogen-bond acceptors (Lipinski definition) is 3. The maximum atomic E-state index is 11.4. The number of nitrogens with two attached hydrogens (primary N) is 1. The molecule has 2 N–H and O–H groups in total. The number of rotatable bonds is 2. The Balaban J connectivity index is 3.09. The lowest BCUT2D eigenvalue weighted by Crippen LogP contribution is -2.42. The molecule has 0 aliphatic rings.